The molecule has 0 aliphatic carbocycles. The van der Waals surface area contributed by atoms with Crippen LogP contribution in [0.15, 0.2) is 18.2 Å². The summed E-state index contributed by atoms with van der Waals surface area (Å²) in [4.78, 5) is 0. The van der Waals surface area contributed by atoms with Crippen LogP contribution in [-0.2, 0) is 5.54 Å². The minimum absolute atomic E-state index is 0.521. The normalized spacial score (nSPS) is 15.6. The molecule has 0 saturated heterocycles. The number of hydrogen-bond acceptors (Lipinski definition) is 1. The molecule has 0 saturated carbocycles. The van der Waals surface area contributed by atoms with Gasteiger partial charge in [0.2, 0.25) is 0 Å². The number of nitrogens with two attached hydrogens (primary N) is 1. The van der Waals surface area contributed by atoms with Crippen molar-refractivity contribution in [3.8, 4) is 0 Å². The highest BCUT2D eigenvalue weighted by molar-refractivity contribution is 5.36. The fourth-order valence-corrected chi connectivity index (χ4v) is 1.43. The van der Waals surface area contributed by atoms with Crippen LogP contribution >= 0.6 is 0 Å². The van der Waals surface area contributed by atoms with E-state index in [9.17, 15) is 8.78 Å². The monoisotopic (exact) mass is 199 g/mol. The van der Waals surface area contributed by atoms with Crippen molar-refractivity contribution in [2.75, 3.05) is 0 Å². The molecule has 2 N–H and O–H groups in total. The van der Waals surface area contributed by atoms with Crippen LogP contribution in [-0.4, -0.2) is 6.43 Å². The molecule has 78 valence electrons. The summed E-state index contributed by atoms with van der Waals surface area (Å²) in [5.74, 6) is 0. The van der Waals surface area contributed by atoms with Crippen molar-refractivity contribution in [2.45, 2.75) is 32.7 Å². The van der Waals surface area contributed by atoms with Crippen LogP contribution in [0, 0.1) is 13.8 Å². The van der Waals surface area contributed by atoms with Crippen molar-refractivity contribution in [1.29, 1.82) is 0 Å². The predicted molar refractivity (Wildman–Crippen MR) is 53.5 cm³/mol. The molecular formula is C11H15F2N. The van der Waals surface area contributed by atoms with Gasteiger partial charge in [0.15, 0.2) is 0 Å². The third-order valence-electron chi connectivity index (χ3n) is 2.43. The highest BCUT2D eigenvalue weighted by atomic mass is 19.3. The molecule has 1 unspecified atom stereocenters. The largest absolute Gasteiger partial charge is 0.317 e. The van der Waals surface area contributed by atoms with Crippen molar-refractivity contribution in [2.24, 2.45) is 5.73 Å². The summed E-state index contributed by atoms with van der Waals surface area (Å²) in [7, 11) is 0. The van der Waals surface area contributed by atoms with Crippen molar-refractivity contribution >= 4 is 0 Å². The van der Waals surface area contributed by atoms with Gasteiger partial charge in [-0.15, -0.1) is 0 Å². The van der Waals surface area contributed by atoms with E-state index in [1.807, 2.05) is 19.1 Å². The Morgan fingerprint density at radius 3 is 2.36 bits per heavy atom. The Hall–Kier alpha value is -0.960. The molecule has 1 rings (SSSR count). The molecule has 0 bridgehead atoms. The second kappa shape index (κ2) is 3.65. The van der Waals surface area contributed by atoms with Gasteiger partial charge >= 0.3 is 0 Å². The molecule has 0 fully saturated rings. The number of aryl methyl sites for hydroxylation is 2. The fraction of sp³-hybridized carbons (Fsp3) is 0.455. The first-order valence-electron chi connectivity index (χ1n) is 4.50. The zero-order valence-corrected chi connectivity index (χ0v) is 8.64. The van der Waals surface area contributed by atoms with Crippen LogP contribution < -0.4 is 5.73 Å². The van der Waals surface area contributed by atoms with E-state index in [0.717, 1.165) is 11.1 Å². The summed E-state index contributed by atoms with van der Waals surface area (Å²) in [5, 5.41) is 0. The van der Waals surface area contributed by atoms with Gasteiger partial charge in [0, 0.05) is 0 Å². The van der Waals surface area contributed by atoms with Gasteiger partial charge in [-0.2, -0.15) is 0 Å². The summed E-state index contributed by atoms with van der Waals surface area (Å²) in [6.07, 6.45) is -2.55. The lowest BCUT2D eigenvalue weighted by Crippen LogP contribution is -2.41. The molecule has 1 atom stereocenters. The summed E-state index contributed by atoms with van der Waals surface area (Å²) < 4.78 is 25.4. The van der Waals surface area contributed by atoms with Gasteiger partial charge in [-0.05, 0) is 31.9 Å². The maximum atomic E-state index is 12.7. The van der Waals surface area contributed by atoms with E-state index >= 15 is 0 Å². The number of rotatable bonds is 2. The van der Waals surface area contributed by atoms with E-state index in [1.54, 1.807) is 13.0 Å². The number of halogens is 2. The highest BCUT2D eigenvalue weighted by Crippen LogP contribution is 2.28. The molecule has 1 aromatic carbocycles. The van der Waals surface area contributed by atoms with Crippen LogP contribution in [0.2, 0.25) is 0 Å². The molecule has 1 nitrogen and oxygen atoms in total. The molecule has 0 radical (unpaired) electrons. The van der Waals surface area contributed by atoms with E-state index in [1.165, 1.54) is 6.92 Å². The molecule has 0 amide bonds. The Morgan fingerprint density at radius 1 is 1.29 bits per heavy atom. The Kier molecular flexibility index (Phi) is 2.90. The van der Waals surface area contributed by atoms with E-state index in [-0.39, 0.29) is 0 Å². The maximum Gasteiger partial charge on any atom is 0.260 e. The second-order valence-electron chi connectivity index (χ2n) is 3.90. The van der Waals surface area contributed by atoms with Crippen LogP contribution in [0.25, 0.3) is 0 Å². The van der Waals surface area contributed by atoms with E-state index in [0.29, 0.717) is 5.56 Å². The predicted octanol–water partition coefficient (Wildman–Crippen LogP) is 2.74. The lowest BCUT2D eigenvalue weighted by molar-refractivity contribution is 0.0621. The first-order chi connectivity index (χ1) is 6.35. The van der Waals surface area contributed by atoms with E-state index in [2.05, 4.69) is 0 Å². The molecular weight excluding hydrogens is 184 g/mol. The first kappa shape index (κ1) is 11.1. The first-order valence-corrected chi connectivity index (χ1v) is 4.50. The van der Waals surface area contributed by atoms with Gasteiger partial charge in [-0.25, -0.2) is 8.78 Å². The minimum Gasteiger partial charge on any atom is -0.317 e. The van der Waals surface area contributed by atoms with Gasteiger partial charge in [-0.3, -0.25) is 0 Å². The number of hydrogen-bond donors (Lipinski definition) is 1. The molecule has 14 heavy (non-hydrogen) atoms. The molecule has 0 heterocycles. The van der Waals surface area contributed by atoms with Gasteiger partial charge < -0.3 is 5.73 Å². The molecule has 0 aliphatic rings. The van der Waals surface area contributed by atoms with Gasteiger partial charge in [-0.1, -0.05) is 23.8 Å². The van der Waals surface area contributed by atoms with Crippen LogP contribution in [0.4, 0.5) is 8.78 Å². The maximum absolute atomic E-state index is 12.7. The molecule has 0 spiro atoms. The Morgan fingerprint density at radius 2 is 1.86 bits per heavy atom. The second-order valence-corrected chi connectivity index (χ2v) is 3.90. The average molecular weight is 199 g/mol. The zero-order valence-electron chi connectivity index (χ0n) is 8.64. The smallest absolute Gasteiger partial charge is 0.260 e. The van der Waals surface area contributed by atoms with Crippen molar-refractivity contribution in [1.82, 2.24) is 0 Å². The zero-order chi connectivity index (χ0) is 10.9. The fourth-order valence-electron chi connectivity index (χ4n) is 1.43. The lowest BCUT2D eigenvalue weighted by atomic mass is 9.89. The third kappa shape index (κ3) is 1.93. The number of benzene rings is 1. The molecule has 3 heteroatoms. The molecule has 1 aromatic rings. The average Bonchev–Trinajstić information content (AvgIpc) is 2.08. The summed E-state index contributed by atoms with van der Waals surface area (Å²) >= 11 is 0. The van der Waals surface area contributed by atoms with Crippen LogP contribution in [0.1, 0.15) is 23.6 Å². The van der Waals surface area contributed by atoms with Crippen LogP contribution in [0.3, 0.4) is 0 Å². The van der Waals surface area contributed by atoms with Crippen LogP contribution in [0.5, 0.6) is 0 Å². The third-order valence-corrected chi connectivity index (χ3v) is 2.43. The van der Waals surface area contributed by atoms with Crippen molar-refractivity contribution in [3.05, 3.63) is 34.9 Å². The van der Waals surface area contributed by atoms with E-state index in [4.69, 9.17) is 5.73 Å². The Labute approximate surface area is 82.9 Å². The quantitative estimate of drug-likeness (QED) is 0.778. The summed E-state index contributed by atoms with van der Waals surface area (Å²) in [5.41, 5.74) is 6.32. The standard InChI is InChI=1S/C11H15F2N/c1-7-4-5-8(2)9(6-7)11(3,14)10(12)13/h4-6,10H,14H2,1-3H3. The van der Waals surface area contributed by atoms with Crippen molar-refractivity contribution in [3.63, 3.8) is 0 Å². The SMILES string of the molecule is Cc1ccc(C)c(C(C)(N)C(F)F)c1. The Balaban J connectivity index is 3.24. The molecule has 0 aromatic heterocycles. The summed E-state index contributed by atoms with van der Waals surface area (Å²) in [6, 6.07) is 5.43. The van der Waals surface area contributed by atoms with E-state index < -0.39 is 12.0 Å². The minimum atomic E-state index is -2.55. The Bertz CT molecular complexity index is 332. The number of alkyl halides is 2. The highest BCUT2D eigenvalue weighted by Gasteiger charge is 2.33. The van der Waals surface area contributed by atoms with Gasteiger partial charge in [0.05, 0.1) is 5.54 Å². The lowest BCUT2D eigenvalue weighted by Gasteiger charge is -2.26. The van der Waals surface area contributed by atoms with Gasteiger partial charge in [0.25, 0.3) is 6.43 Å². The summed E-state index contributed by atoms with van der Waals surface area (Å²) in [6.45, 7) is 5.02. The molecule has 0 aliphatic heterocycles. The van der Waals surface area contributed by atoms with Crippen molar-refractivity contribution < 1.29 is 8.78 Å². The van der Waals surface area contributed by atoms with Gasteiger partial charge in [0.1, 0.15) is 0 Å². The topological polar surface area (TPSA) is 26.0 Å².